The number of rotatable bonds is 77. The molecule has 2 atom stereocenters. The van der Waals surface area contributed by atoms with Gasteiger partial charge in [-0.2, -0.15) is 0 Å². The number of likely N-dealkylation sites (N-methyl/N-ethyl adjacent to an activating group) is 1. The second-order valence-electron chi connectivity index (χ2n) is 29.1. The summed E-state index contributed by atoms with van der Waals surface area (Å²) < 4.78 is 34.4. The van der Waals surface area contributed by atoms with Crippen molar-refractivity contribution in [2.45, 2.75) is 399 Å². The van der Waals surface area contributed by atoms with Gasteiger partial charge in [0.2, 0.25) is 0 Å². The zero-order valence-corrected chi connectivity index (χ0v) is 65.4. The number of nitrogens with zero attached hydrogens (tertiary/aromatic N) is 1. The molecular weight excluding hydrogens is 1220 g/mol. The third-order valence-corrected chi connectivity index (χ3v) is 19.3. The summed E-state index contributed by atoms with van der Waals surface area (Å²) in [6.07, 6.45) is 108. The van der Waals surface area contributed by atoms with E-state index in [0.717, 1.165) is 96.3 Å². The number of quaternary nitrogens is 1. The predicted octanol–water partition coefficient (Wildman–Crippen LogP) is 27.2. The summed E-state index contributed by atoms with van der Waals surface area (Å²) in [7, 11) is 1.17. The third kappa shape index (κ3) is 81.8. The van der Waals surface area contributed by atoms with Gasteiger partial charge in [-0.3, -0.25) is 14.2 Å². The number of carbonyl (C=O) groups excluding carboxylic acids is 2. The molecule has 0 spiro atoms. The van der Waals surface area contributed by atoms with Crippen LogP contribution in [0.4, 0.5) is 0 Å². The molecule has 0 aromatic carbocycles. The average molecular weight is 1380 g/mol. The van der Waals surface area contributed by atoms with Gasteiger partial charge in [0.25, 0.3) is 7.82 Å². The van der Waals surface area contributed by atoms with Crippen molar-refractivity contribution >= 4 is 19.8 Å². The van der Waals surface area contributed by atoms with Gasteiger partial charge in [-0.25, -0.2) is 0 Å². The molecule has 97 heavy (non-hydrogen) atoms. The van der Waals surface area contributed by atoms with Gasteiger partial charge in [-0.15, -0.1) is 0 Å². The highest BCUT2D eigenvalue weighted by Gasteiger charge is 2.22. The summed E-state index contributed by atoms with van der Waals surface area (Å²) in [6.45, 7) is 4.17. The fourth-order valence-corrected chi connectivity index (χ4v) is 12.8. The first-order valence-corrected chi connectivity index (χ1v) is 42.9. The number of hydrogen-bond acceptors (Lipinski definition) is 8. The fourth-order valence-electron chi connectivity index (χ4n) is 12.1. The largest absolute Gasteiger partial charge is 0.756 e. The minimum absolute atomic E-state index is 0.0336. The molecule has 10 heteroatoms. The Morgan fingerprint density at radius 3 is 0.876 bits per heavy atom. The number of esters is 2. The highest BCUT2D eigenvalue weighted by Crippen LogP contribution is 2.38. The van der Waals surface area contributed by atoms with Crippen LogP contribution in [0, 0.1) is 0 Å². The lowest BCUT2D eigenvalue weighted by atomic mass is 10.0. The van der Waals surface area contributed by atoms with E-state index in [1.165, 1.54) is 263 Å². The number of hydrogen-bond donors (Lipinski definition) is 0. The Balaban J connectivity index is 3.95. The summed E-state index contributed by atoms with van der Waals surface area (Å²) in [5.41, 5.74) is 0. The highest BCUT2D eigenvalue weighted by atomic mass is 31.2. The second-order valence-corrected chi connectivity index (χ2v) is 30.5. The maximum absolute atomic E-state index is 12.9. The molecule has 0 N–H and O–H groups in total. The van der Waals surface area contributed by atoms with E-state index in [0.29, 0.717) is 17.4 Å². The van der Waals surface area contributed by atoms with Crippen molar-refractivity contribution in [2.24, 2.45) is 0 Å². The number of ether oxygens (including phenoxy) is 2. The number of carbonyl (C=O) groups is 2. The molecule has 2 unspecified atom stereocenters. The van der Waals surface area contributed by atoms with Crippen molar-refractivity contribution < 1.29 is 42.1 Å². The van der Waals surface area contributed by atoms with Crippen molar-refractivity contribution in [3.05, 3.63) is 97.2 Å². The lowest BCUT2D eigenvalue weighted by Crippen LogP contribution is -2.37. The van der Waals surface area contributed by atoms with Gasteiger partial charge in [-0.05, 0) is 77.0 Å². The standard InChI is InChI=1S/C87H158NO8P/c1-6-8-10-12-14-16-18-20-22-24-26-28-30-32-34-36-38-40-42-43-44-46-47-49-51-53-55-57-59-61-63-65-67-69-71-73-75-77-79-86(89)93-83-85(84-95-97(91,92)94-82-81-88(3,4)5)96-87(90)80-78-76-74-72-70-68-66-64-62-60-58-56-54-52-50-48-45-41-39-37-35-33-31-29-27-25-23-21-19-17-15-13-11-9-7-2/h9,11,15,17,21,23,27,29,33,35,39,41,48,50,54,56,85H,6-8,10,12-14,16,18-20,22,24-26,28,30-32,34,36-38,40,42-47,49,51-53,55,57-84H2,1-5H3/b11-9-,17-15-,23-21-,29-27-,35-33-,41-39-,50-48-,56-54-. The van der Waals surface area contributed by atoms with Gasteiger partial charge in [0.15, 0.2) is 6.10 Å². The molecular formula is C87H158NO8P. The summed E-state index contributed by atoms with van der Waals surface area (Å²) in [5, 5.41) is 0. The monoisotopic (exact) mass is 1380 g/mol. The Kier molecular flexibility index (Phi) is 74.7. The molecule has 9 nitrogen and oxygen atoms in total. The Bertz CT molecular complexity index is 1960. The number of phosphoric acid groups is 1. The van der Waals surface area contributed by atoms with E-state index in [9.17, 15) is 19.0 Å². The smallest absolute Gasteiger partial charge is 0.306 e. The lowest BCUT2D eigenvalue weighted by molar-refractivity contribution is -0.870. The van der Waals surface area contributed by atoms with Crippen LogP contribution in [-0.4, -0.2) is 70.0 Å². The van der Waals surface area contributed by atoms with Gasteiger partial charge in [0, 0.05) is 12.8 Å². The van der Waals surface area contributed by atoms with E-state index >= 15 is 0 Å². The topological polar surface area (TPSA) is 111 Å². The summed E-state index contributed by atoms with van der Waals surface area (Å²) in [4.78, 5) is 38.2. The first-order valence-electron chi connectivity index (χ1n) is 41.4. The molecule has 0 aliphatic heterocycles. The first-order chi connectivity index (χ1) is 47.5. The van der Waals surface area contributed by atoms with E-state index in [-0.39, 0.29) is 32.0 Å². The minimum Gasteiger partial charge on any atom is -0.756 e. The van der Waals surface area contributed by atoms with Gasteiger partial charge in [-0.1, -0.05) is 400 Å². The van der Waals surface area contributed by atoms with Crippen LogP contribution in [-0.2, 0) is 32.7 Å². The SMILES string of the molecule is CC/C=C\C/C=C\C/C=C\C/C=C\C/C=C\C/C=C\C/C=C\C/C=C\CCCCCCCCCCCCC(=O)OC(COC(=O)CCCCCCCCCCCCCCCCCCCCCCCCCCCCCCCCCCCCCCCC)COP(=O)([O-])OCC[N+](C)(C)C. The summed E-state index contributed by atoms with van der Waals surface area (Å²) in [5.74, 6) is -0.825. The van der Waals surface area contributed by atoms with E-state index in [1.807, 2.05) is 21.1 Å². The minimum atomic E-state index is -4.65. The van der Waals surface area contributed by atoms with E-state index in [4.69, 9.17) is 18.5 Å². The van der Waals surface area contributed by atoms with Crippen LogP contribution in [0.1, 0.15) is 393 Å². The van der Waals surface area contributed by atoms with Gasteiger partial charge in [0.1, 0.15) is 19.8 Å². The molecule has 0 rings (SSSR count). The highest BCUT2D eigenvalue weighted by molar-refractivity contribution is 7.45. The van der Waals surface area contributed by atoms with E-state index < -0.39 is 26.5 Å². The first kappa shape index (κ1) is 93.9. The predicted molar refractivity (Wildman–Crippen MR) is 420 cm³/mol. The Morgan fingerprint density at radius 2 is 0.588 bits per heavy atom. The normalized spacial score (nSPS) is 13.5. The zero-order chi connectivity index (χ0) is 70.4. The third-order valence-electron chi connectivity index (χ3n) is 18.4. The molecule has 0 aliphatic carbocycles. The molecule has 0 fully saturated rings. The van der Waals surface area contributed by atoms with Gasteiger partial charge >= 0.3 is 11.9 Å². The maximum atomic E-state index is 12.9. The summed E-state index contributed by atoms with van der Waals surface area (Å²) >= 11 is 0. The van der Waals surface area contributed by atoms with Crippen molar-refractivity contribution in [1.29, 1.82) is 0 Å². The van der Waals surface area contributed by atoms with Crippen molar-refractivity contribution in [3.8, 4) is 0 Å². The van der Waals surface area contributed by atoms with Crippen LogP contribution in [0.5, 0.6) is 0 Å². The van der Waals surface area contributed by atoms with E-state index in [1.54, 1.807) is 0 Å². The molecule has 0 aromatic rings. The molecule has 0 aromatic heterocycles. The van der Waals surface area contributed by atoms with Crippen LogP contribution < -0.4 is 4.89 Å². The van der Waals surface area contributed by atoms with Crippen LogP contribution in [0.2, 0.25) is 0 Å². The van der Waals surface area contributed by atoms with Crippen LogP contribution in [0.15, 0.2) is 97.2 Å². The van der Waals surface area contributed by atoms with Crippen LogP contribution in [0.3, 0.4) is 0 Å². The number of unbranched alkanes of at least 4 members (excludes halogenated alkanes) is 47. The quantitative estimate of drug-likeness (QED) is 0.0195. The Hall–Kier alpha value is -3.07. The number of phosphoric ester groups is 1. The molecule has 0 bridgehead atoms. The van der Waals surface area contributed by atoms with Gasteiger partial charge < -0.3 is 27.9 Å². The zero-order valence-electron chi connectivity index (χ0n) is 64.5. The molecule has 564 valence electrons. The van der Waals surface area contributed by atoms with Crippen molar-refractivity contribution in [3.63, 3.8) is 0 Å². The fraction of sp³-hybridized carbons (Fsp3) is 0.793. The molecule has 0 aliphatic rings. The lowest BCUT2D eigenvalue weighted by Gasteiger charge is -2.28. The second kappa shape index (κ2) is 77.1. The van der Waals surface area contributed by atoms with Gasteiger partial charge in [0.05, 0.1) is 27.7 Å². The Morgan fingerprint density at radius 1 is 0.330 bits per heavy atom. The average Bonchev–Trinajstić information content (AvgIpc) is 1.69. The Labute approximate surface area is 602 Å². The van der Waals surface area contributed by atoms with Crippen LogP contribution in [0.25, 0.3) is 0 Å². The molecule has 0 radical (unpaired) electrons. The van der Waals surface area contributed by atoms with Crippen LogP contribution >= 0.6 is 7.82 Å². The molecule has 0 heterocycles. The maximum Gasteiger partial charge on any atom is 0.306 e. The van der Waals surface area contributed by atoms with Crippen molar-refractivity contribution in [2.75, 3.05) is 47.5 Å². The molecule has 0 saturated heterocycles. The molecule has 0 saturated carbocycles. The van der Waals surface area contributed by atoms with Crippen molar-refractivity contribution in [1.82, 2.24) is 0 Å². The summed E-state index contributed by atoms with van der Waals surface area (Å²) in [6, 6.07) is 0. The number of allylic oxidation sites excluding steroid dienone is 16. The van der Waals surface area contributed by atoms with E-state index in [2.05, 4.69) is 111 Å². The molecule has 0 amide bonds.